The van der Waals surface area contributed by atoms with E-state index in [1.807, 2.05) is 20.8 Å². The number of fused-ring (bicyclic) bond motifs is 2. The van der Waals surface area contributed by atoms with Gasteiger partial charge in [0.2, 0.25) is 5.43 Å². The molecule has 0 atom stereocenters. The first-order chi connectivity index (χ1) is 14.1. The molecule has 30 heavy (non-hydrogen) atoms. The number of halogens is 1. The van der Waals surface area contributed by atoms with Crippen molar-refractivity contribution in [2.75, 3.05) is 0 Å². The van der Waals surface area contributed by atoms with E-state index >= 15 is 0 Å². The molecule has 0 bridgehead atoms. The average molecular weight is 423 g/mol. The molecule has 4 rings (SSSR count). The Bertz CT molecular complexity index is 1340. The normalized spacial score (nSPS) is 11.9. The summed E-state index contributed by atoms with van der Waals surface area (Å²) in [4.78, 5) is 24.1. The van der Waals surface area contributed by atoms with Crippen LogP contribution in [0.1, 0.15) is 36.7 Å². The first-order valence-electron chi connectivity index (χ1n) is 9.35. The Hall–Kier alpha value is -3.31. The number of hydrogen-bond donors (Lipinski definition) is 2. The second-order valence-corrected chi connectivity index (χ2v) is 8.60. The van der Waals surface area contributed by atoms with Crippen LogP contribution in [0.25, 0.3) is 33.4 Å². The lowest BCUT2D eigenvalue weighted by Gasteiger charge is -2.24. The summed E-state index contributed by atoms with van der Waals surface area (Å²) in [5.74, 6) is -0.746. The van der Waals surface area contributed by atoms with E-state index in [1.54, 1.807) is 30.3 Å². The third-order valence-electron chi connectivity index (χ3n) is 5.10. The highest BCUT2D eigenvalue weighted by Gasteiger charge is 2.28. The number of phenols is 1. The molecule has 0 fully saturated rings. The van der Waals surface area contributed by atoms with Gasteiger partial charge in [-0.3, -0.25) is 4.79 Å². The molecule has 5 nitrogen and oxygen atoms in total. The third-order valence-corrected chi connectivity index (χ3v) is 5.39. The fourth-order valence-electron chi connectivity index (χ4n) is 3.85. The number of carboxylic acids is 1. The number of carboxylic acid groups (broad SMARTS) is 1. The smallest absolute Gasteiger partial charge is 0.336 e. The summed E-state index contributed by atoms with van der Waals surface area (Å²) in [6.45, 7) is 5.81. The van der Waals surface area contributed by atoms with Crippen LogP contribution in [0.5, 0.6) is 5.75 Å². The van der Waals surface area contributed by atoms with Crippen LogP contribution in [0, 0.1) is 0 Å². The van der Waals surface area contributed by atoms with Crippen LogP contribution in [-0.2, 0) is 5.41 Å². The molecule has 1 heterocycles. The number of aromatic carboxylic acids is 1. The lowest BCUT2D eigenvalue weighted by molar-refractivity contribution is 0.0697. The van der Waals surface area contributed by atoms with Crippen LogP contribution in [-0.4, -0.2) is 16.2 Å². The zero-order valence-corrected chi connectivity index (χ0v) is 17.4. The van der Waals surface area contributed by atoms with Gasteiger partial charge >= 0.3 is 5.97 Å². The van der Waals surface area contributed by atoms with Crippen molar-refractivity contribution in [2.24, 2.45) is 0 Å². The van der Waals surface area contributed by atoms with Gasteiger partial charge in [0, 0.05) is 28.1 Å². The minimum atomic E-state index is -1.07. The molecule has 0 amide bonds. The van der Waals surface area contributed by atoms with Gasteiger partial charge in [-0.15, -0.1) is 0 Å². The molecule has 0 aromatic heterocycles. The maximum atomic E-state index is 12.2. The van der Waals surface area contributed by atoms with Crippen LogP contribution in [0.3, 0.4) is 0 Å². The number of hydrogen-bond acceptors (Lipinski definition) is 4. The summed E-state index contributed by atoms with van der Waals surface area (Å²) in [6.07, 6.45) is 0. The van der Waals surface area contributed by atoms with Crippen molar-refractivity contribution in [3.63, 3.8) is 0 Å². The molecule has 2 N–H and O–H groups in total. The molecule has 0 unspecified atom stereocenters. The molecule has 152 valence electrons. The van der Waals surface area contributed by atoms with E-state index in [9.17, 15) is 19.8 Å². The maximum absolute atomic E-state index is 12.2. The summed E-state index contributed by atoms with van der Waals surface area (Å²) in [5, 5.41) is 21.0. The van der Waals surface area contributed by atoms with Crippen LogP contribution in [0.15, 0.2) is 57.7 Å². The average Bonchev–Trinajstić information content (AvgIpc) is 2.66. The Morgan fingerprint density at radius 2 is 1.73 bits per heavy atom. The first kappa shape index (κ1) is 20.0. The zero-order chi connectivity index (χ0) is 21.8. The van der Waals surface area contributed by atoms with Gasteiger partial charge in [0.25, 0.3) is 0 Å². The van der Waals surface area contributed by atoms with Crippen LogP contribution in [0.4, 0.5) is 0 Å². The Labute approximate surface area is 177 Å². The SMILES string of the molecule is CC(C)(C)c1c(O)ccc2c(-c3ccccc3C(=O)O)c3cc(Cl)c(=O)cc-3oc12. The van der Waals surface area contributed by atoms with E-state index in [4.69, 9.17) is 16.0 Å². The number of rotatable bonds is 2. The van der Waals surface area contributed by atoms with Gasteiger partial charge in [-0.25, -0.2) is 4.79 Å². The Balaban J connectivity index is 2.30. The van der Waals surface area contributed by atoms with Crippen LogP contribution < -0.4 is 5.43 Å². The molecule has 0 spiro atoms. The van der Waals surface area contributed by atoms with Crippen molar-refractivity contribution in [2.45, 2.75) is 26.2 Å². The Morgan fingerprint density at radius 3 is 2.40 bits per heavy atom. The Kier molecular flexibility index (Phi) is 4.59. The number of carbonyl (C=O) groups is 1. The van der Waals surface area contributed by atoms with Crippen molar-refractivity contribution >= 4 is 28.5 Å². The molecule has 0 saturated carbocycles. The summed E-state index contributed by atoms with van der Waals surface area (Å²) in [6, 6.07) is 12.7. The van der Waals surface area contributed by atoms with Gasteiger partial charge in [-0.2, -0.15) is 0 Å². The first-order valence-corrected chi connectivity index (χ1v) is 9.72. The van der Waals surface area contributed by atoms with E-state index in [-0.39, 0.29) is 22.1 Å². The number of phenolic OH excluding ortho intramolecular Hbond substituents is 1. The minimum absolute atomic E-state index is 0.0147. The summed E-state index contributed by atoms with van der Waals surface area (Å²) < 4.78 is 6.12. The molecule has 1 aliphatic carbocycles. The molecular weight excluding hydrogens is 404 g/mol. The maximum Gasteiger partial charge on any atom is 0.336 e. The summed E-state index contributed by atoms with van der Waals surface area (Å²) >= 11 is 6.12. The van der Waals surface area contributed by atoms with Crippen LogP contribution in [0.2, 0.25) is 5.02 Å². The third kappa shape index (κ3) is 3.12. The van der Waals surface area contributed by atoms with Gasteiger partial charge in [-0.05, 0) is 35.2 Å². The van der Waals surface area contributed by atoms with Crippen molar-refractivity contribution in [1.29, 1.82) is 0 Å². The highest BCUT2D eigenvalue weighted by atomic mass is 35.5. The lowest BCUT2D eigenvalue weighted by atomic mass is 9.83. The fourth-order valence-corrected chi connectivity index (χ4v) is 4.01. The molecule has 2 aromatic carbocycles. The highest BCUT2D eigenvalue weighted by Crippen LogP contribution is 2.46. The van der Waals surface area contributed by atoms with Crippen molar-refractivity contribution < 1.29 is 19.4 Å². The molecule has 0 radical (unpaired) electrons. The fraction of sp³-hybridized carbons (Fsp3) is 0.167. The number of aromatic hydroxyl groups is 1. The van der Waals surface area contributed by atoms with Gasteiger partial charge in [0.15, 0.2) is 0 Å². The topological polar surface area (TPSA) is 87.7 Å². The van der Waals surface area contributed by atoms with E-state index in [0.29, 0.717) is 33.2 Å². The molecular formula is C24H19ClO5. The van der Waals surface area contributed by atoms with Crippen molar-refractivity contribution in [3.05, 3.63) is 74.9 Å². The molecule has 0 saturated heterocycles. The summed E-state index contributed by atoms with van der Waals surface area (Å²) in [7, 11) is 0. The predicted octanol–water partition coefficient (Wildman–Crippen LogP) is 5.92. The minimum Gasteiger partial charge on any atom is -0.508 e. The van der Waals surface area contributed by atoms with Gasteiger partial charge in [0.05, 0.1) is 10.6 Å². The highest BCUT2D eigenvalue weighted by molar-refractivity contribution is 6.31. The van der Waals surface area contributed by atoms with E-state index in [0.717, 1.165) is 0 Å². The van der Waals surface area contributed by atoms with Gasteiger partial charge < -0.3 is 14.6 Å². The van der Waals surface area contributed by atoms with E-state index < -0.39 is 16.8 Å². The number of benzene rings is 3. The van der Waals surface area contributed by atoms with Crippen molar-refractivity contribution in [3.8, 4) is 28.2 Å². The largest absolute Gasteiger partial charge is 0.508 e. The van der Waals surface area contributed by atoms with Crippen molar-refractivity contribution in [1.82, 2.24) is 0 Å². The van der Waals surface area contributed by atoms with E-state index in [2.05, 4.69) is 0 Å². The standard InChI is InChI=1S/C24H19ClO5/c1-24(2,3)21-17(26)9-8-14-20(12-6-4-5-7-13(12)23(28)29)15-10-16(25)18(27)11-19(15)30-22(14)21/h4-11,26H,1-3H3,(H,28,29). The van der Waals surface area contributed by atoms with Gasteiger partial charge in [0.1, 0.15) is 17.1 Å². The predicted molar refractivity (Wildman–Crippen MR) is 117 cm³/mol. The molecule has 1 aliphatic heterocycles. The summed E-state index contributed by atoms with van der Waals surface area (Å²) in [5.41, 5.74) is 1.77. The second-order valence-electron chi connectivity index (χ2n) is 8.19. The van der Waals surface area contributed by atoms with Gasteiger partial charge in [-0.1, -0.05) is 50.6 Å². The molecule has 6 heteroatoms. The Morgan fingerprint density at radius 1 is 1.03 bits per heavy atom. The molecule has 2 aromatic rings. The molecule has 2 aliphatic rings. The van der Waals surface area contributed by atoms with Crippen LogP contribution >= 0.6 is 11.6 Å². The zero-order valence-electron chi connectivity index (χ0n) is 16.6. The quantitative estimate of drug-likeness (QED) is 0.391. The van der Waals surface area contributed by atoms with E-state index in [1.165, 1.54) is 18.2 Å². The second kappa shape index (κ2) is 6.89. The lowest BCUT2D eigenvalue weighted by Crippen LogP contribution is -2.13. The monoisotopic (exact) mass is 422 g/mol.